The van der Waals surface area contributed by atoms with E-state index in [0.29, 0.717) is 6.54 Å². The predicted molar refractivity (Wildman–Crippen MR) is 54.2 cm³/mol. The SMILES string of the molecule is CCC(S)(CC)CNCCN. The smallest absolute Gasteiger partial charge is 0.0249 e. The zero-order valence-electron chi connectivity index (χ0n) is 7.56. The maximum absolute atomic E-state index is 5.35. The molecule has 0 heterocycles. The quantitative estimate of drug-likeness (QED) is 0.418. The first-order valence-electron chi connectivity index (χ1n) is 4.31. The van der Waals surface area contributed by atoms with Crippen molar-refractivity contribution in [2.45, 2.75) is 31.4 Å². The lowest BCUT2D eigenvalue weighted by Crippen LogP contribution is -2.37. The summed E-state index contributed by atoms with van der Waals surface area (Å²) in [6.07, 6.45) is 2.20. The molecule has 0 aliphatic carbocycles. The number of rotatable bonds is 6. The minimum Gasteiger partial charge on any atom is -0.329 e. The van der Waals surface area contributed by atoms with Crippen molar-refractivity contribution in [3.05, 3.63) is 0 Å². The highest BCUT2D eigenvalue weighted by atomic mass is 32.1. The van der Waals surface area contributed by atoms with E-state index in [1.54, 1.807) is 0 Å². The summed E-state index contributed by atoms with van der Waals surface area (Å²) in [7, 11) is 0. The molecule has 0 bridgehead atoms. The maximum Gasteiger partial charge on any atom is 0.0249 e. The number of hydrogen-bond acceptors (Lipinski definition) is 3. The zero-order valence-corrected chi connectivity index (χ0v) is 8.45. The van der Waals surface area contributed by atoms with E-state index in [1.165, 1.54) is 0 Å². The Hall–Kier alpha value is 0.270. The van der Waals surface area contributed by atoms with Gasteiger partial charge in [-0.25, -0.2) is 0 Å². The molecule has 0 radical (unpaired) electrons. The third-order valence-corrected chi connectivity index (χ3v) is 2.88. The molecule has 2 nitrogen and oxygen atoms in total. The molecule has 3 heteroatoms. The molecule has 3 N–H and O–H groups in total. The molecule has 0 atom stereocenters. The van der Waals surface area contributed by atoms with Gasteiger partial charge in [0.1, 0.15) is 0 Å². The highest BCUT2D eigenvalue weighted by molar-refractivity contribution is 7.81. The Morgan fingerprint density at radius 2 is 1.91 bits per heavy atom. The largest absolute Gasteiger partial charge is 0.329 e. The monoisotopic (exact) mass is 176 g/mol. The fourth-order valence-corrected chi connectivity index (χ4v) is 1.03. The van der Waals surface area contributed by atoms with Crippen molar-refractivity contribution in [3.8, 4) is 0 Å². The van der Waals surface area contributed by atoms with Gasteiger partial charge in [0.2, 0.25) is 0 Å². The normalized spacial score (nSPS) is 12.0. The highest BCUT2D eigenvalue weighted by Gasteiger charge is 2.19. The molecule has 0 amide bonds. The Labute approximate surface area is 75.3 Å². The second kappa shape index (κ2) is 5.86. The third-order valence-electron chi connectivity index (χ3n) is 2.09. The van der Waals surface area contributed by atoms with E-state index in [-0.39, 0.29) is 4.75 Å². The van der Waals surface area contributed by atoms with Gasteiger partial charge in [0.25, 0.3) is 0 Å². The Morgan fingerprint density at radius 1 is 1.36 bits per heavy atom. The van der Waals surface area contributed by atoms with Crippen LogP contribution in [0.4, 0.5) is 0 Å². The van der Waals surface area contributed by atoms with Gasteiger partial charge in [0.05, 0.1) is 0 Å². The first-order chi connectivity index (χ1) is 5.18. The lowest BCUT2D eigenvalue weighted by molar-refractivity contribution is 0.502. The van der Waals surface area contributed by atoms with Crippen LogP contribution in [0.25, 0.3) is 0 Å². The molecule has 0 rings (SSSR count). The van der Waals surface area contributed by atoms with Gasteiger partial charge < -0.3 is 11.1 Å². The Kier molecular flexibility index (Phi) is 6.01. The Balaban J connectivity index is 3.51. The first kappa shape index (κ1) is 11.3. The van der Waals surface area contributed by atoms with Crippen molar-refractivity contribution in [2.75, 3.05) is 19.6 Å². The van der Waals surface area contributed by atoms with Gasteiger partial charge in [-0.3, -0.25) is 0 Å². The molecule has 0 aliphatic rings. The van der Waals surface area contributed by atoms with Crippen molar-refractivity contribution in [3.63, 3.8) is 0 Å². The summed E-state index contributed by atoms with van der Waals surface area (Å²) in [4.78, 5) is 0. The van der Waals surface area contributed by atoms with Crippen molar-refractivity contribution < 1.29 is 0 Å². The minimum absolute atomic E-state index is 0.162. The van der Waals surface area contributed by atoms with Crippen LogP contribution in [0.2, 0.25) is 0 Å². The van der Waals surface area contributed by atoms with Gasteiger partial charge in [-0.05, 0) is 12.8 Å². The molecule has 0 spiro atoms. The molecule has 68 valence electrons. The summed E-state index contributed by atoms with van der Waals surface area (Å²) in [6.45, 7) is 6.89. The van der Waals surface area contributed by atoms with Gasteiger partial charge in [0.15, 0.2) is 0 Å². The van der Waals surface area contributed by atoms with E-state index in [9.17, 15) is 0 Å². The third kappa shape index (κ3) is 4.67. The van der Waals surface area contributed by atoms with Crippen molar-refractivity contribution >= 4 is 12.6 Å². The molecule has 0 aliphatic heterocycles. The lowest BCUT2D eigenvalue weighted by atomic mass is 10.0. The van der Waals surface area contributed by atoms with Crippen LogP contribution in [0.5, 0.6) is 0 Å². The van der Waals surface area contributed by atoms with Gasteiger partial charge in [0, 0.05) is 24.4 Å². The molecule has 0 unspecified atom stereocenters. The summed E-state index contributed by atoms with van der Waals surface area (Å²) >= 11 is 4.59. The van der Waals surface area contributed by atoms with E-state index < -0.39 is 0 Å². The number of thiol groups is 1. The fraction of sp³-hybridized carbons (Fsp3) is 1.00. The molecule has 0 aromatic rings. The summed E-state index contributed by atoms with van der Waals surface area (Å²) in [5.74, 6) is 0. The van der Waals surface area contributed by atoms with E-state index in [2.05, 4.69) is 31.8 Å². The van der Waals surface area contributed by atoms with Gasteiger partial charge in [-0.1, -0.05) is 13.8 Å². The van der Waals surface area contributed by atoms with Crippen LogP contribution in [0.1, 0.15) is 26.7 Å². The predicted octanol–water partition coefficient (Wildman–Crippen LogP) is 1.02. The van der Waals surface area contributed by atoms with Gasteiger partial charge >= 0.3 is 0 Å². The summed E-state index contributed by atoms with van der Waals surface area (Å²) < 4.78 is 0.162. The number of hydrogen-bond donors (Lipinski definition) is 3. The van der Waals surface area contributed by atoms with Crippen LogP contribution in [0, 0.1) is 0 Å². The minimum atomic E-state index is 0.162. The average Bonchev–Trinajstić information content (AvgIpc) is 2.05. The van der Waals surface area contributed by atoms with Gasteiger partial charge in [-0.15, -0.1) is 0 Å². The van der Waals surface area contributed by atoms with Gasteiger partial charge in [-0.2, -0.15) is 12.6 Å². The van der Waals surface area contributed by atoms with Crippen molar-refractivity contribution in [1.82, 2.24) is 5.32 Å². The Bertz CT molecular complexity index is 92.1. The molecule has 0 fully saturated rings. The van der Waals surface area contributed by atoms with E-state index in [4.69, 9.17) is 5.73 Å². The summed E-state index contributed by atoms with van der Waals surface area (Å²) in [5.41, 5.74) is 5.35. The molecule has 11 heavy (non-hydrogen) atoms. The van der Waals surface area contributed by atoms with Crippen LogP contribution >= 0.6 is 12.6 Å². The van der Waals surface area contributed by atoms with Crippen LogP contribution in [0.3, 0.4) is 0 Å². The topological polar surface area (TPSA) is 38.0 Å². The summed E-state index contributed by atoms with van der Waals surface area (Å²) in [6, 6.07) is 0. The molecule has 0 aromatic heterocycles. The average molecular weight is 176 g/mol. The molecule has 0 aromatic carbocycles. The summed E-state index contributed by atoms with van der Waals surface area (Å²) in [5, 5.41) is 3.28. The number of nitrogens with two attached hydrogens (primary N) is 1. The molecule has 0 saturated heterocycles. The van der Waals surface area contributed by atoms with E-state index in [0.717, 1.165) is 25.9 Å². The standard InChI is InChI=1S/C8H20N2S/c1-3-8(11,4-2)7-10-6-5-9/h10-11H,3-7,9H2,1-2H3. The van der Waals surface area contributed by atoms with Crippen LogP contribution in [-0.4, -0.2) is 24.4 Å². The fourth-order valence-electron chi connectivity index (χ4n) is 0.923. The van der Waals surface area contributed by atoms with Crippen LogP contribution < -0.4 is 11.1 Å². The van der Waals surface area contributed by atoms with Crippen LogP contribution in [0.15, 0.2) is 0 Å². The van der Waals surface area contributed by atoms with E-state index in [1.807, 2.05) is 0 Å². The molecule has 0 saturated carbocycles. The molecular weight excluding hydrogens is 156 g/mol. The van der Waals surface area contributed by atoms with E-state index >= 15 is 0 Å². The first-order valence-corrected chi connectivity index (χ1v) is 4.76. The van der Waals surface area contributed by atoms with Crippen molar-refractivity contribution in [1.29, 1.82) is 0 Å². The highest BCUT2D eigenvalue weighted by Crippen LogP contribution is 2.21. The zero-order chi connectivity index (χ0) is 8.74. The maximum atomic E-state index is 5.35. The molecular formula is C8H20N2S. The van der Waals surface area contributed by atoms with Crippen LogP contribution in [-0.2, 0) is 0 Å². The second-order valence-corrected chi connectivity index (χ2v) is 3.85. The number of nitrogens with one attached hydrogen (secondary N) is 1. The van der Waals surface area contributed by atoms with Crippen molar-refractivity contribution in [2.24, 2.45) is 5.73 Å². The second-order valence-electron chi connectivity index (χ2n) is 2.90. The Morgan fingerprint density at radius 3 is 2.27 bits per heavy atom. The lowest BCUT2D eigenvalue weighted by Gasteiger charge is -2.25.